The molecule has 0 aromatic carbocycles. The predicted molar refractivity (Wildman–Crippen MR) is 81.1 cm³/mol. The van der Waals surface area contributed by atoms with Gasteiger partial charge in [-0.1, -0.05) is 0 Å². The number of amides is 1. The van der Waals surface area contributed by atoms with Crippen LogP contribution in [0.15, 0.2) is 6.07 Å². The maximum absolute atomic E-state index is 12.0. The summed E-state index contributed by atoms with van der Waals surface area (Å²) in [7, 11) is 7.72. The number of nitrogens with zero attached hydrogens (tertiary/aromatic N) is 3. The molecular weight excluding hydrogens is 260 g/mol. The summed E-state index contributed by atoms with van der Waals surface area (Å²) >= 11 is 1.50. The van der Waals surface area contributed by atoms with Crippen molar-refractivity contribution in [2.45, 2.75) is 12.5 Å². The van der Waals surface area contributed by atoms with Crippen LogP contribution >= 0.6 is 11.3 Å². The lowest BCUT2D eigenvalue weighted by atomic mass is 10.2. The molecule has 2 N–H and O–H groups in total. The van der Waals surface area contributed by atoms with Gasteiger partial charge in [-0.2, -0.15) is 0 Å². The minimum Gasteiger partial charge on any atom is -0.397 e. The lowest BCUT2D eigenvalue weighted by molar-refractivity contribution is 0.0833. The first kappa shape index (κ1) is 14.1. The third-order valence-electron chi connectivity index (χ3n) is 3.55. The van der Waals surface area contributed by atoms with Gasteiger partial charge in [-0.05, 0) is 26.6 Å². The zero-order valence-corrected chi connectivity index (χ0v) is 12.8. The van der Waals surface area contributed by atoms with E-state index >= 15 is 0 Å². The number of hydrogen-bond acceptors (Lipinski definition) is 5. The van der Waals surface area contributed by atoms with Crippen LogP contribution in [0.1, 0.15) is 16.1 Å². The molecule has 0 spiro atoms. The van der Waals surface area contributed by atoms with Gasteiger partial charge in [0.2, 0.25) is 0 Å². The van der Waals surface area contributed by atoms with Crippen molar-refractivity contribution in [1.29, 1.82) is 0 Å². The summed E-state index contributed by atoms with van der Waals surface area (Å²) in [4.78, 5) is 18.8. The summed E-state index contributed by atoms with van der Waals surface area (Å²) in [6.07, 6.45) is 1.15. The number of hydrogen-bond donors (Lipinski definition) is 1. The van der Waals surface area contributed by atoms with Crippen molar-refractivity contribution in [3.63, 3.8) is 0 Å². The van der Waals surface area contributed by atoms with E-state index in [0.717, 1.165) is 24.5 Å². The van der Waals surface area contributed by atoms with Gasteiger partial charge >= 0.3 is 0 Å². The summed E-state index contributed by atoms with van der Waals surface area (Å²) in [6.45, 7) is 2.03. The average molecular weight is 282 g/mol. The molecule has 6 heteroatoms. The molecule has 1 aromatic rings. The van der Waals surface area contributed by atoms with E-state index in [1.165, 1.54) is 11.3 Å². The summed E-state index contributed by atoms with van der Waals surface area (Å²) < 4.78 is 0. The third kappa shape index (κ3) is 2.84. The Labute approximate surface area is 118 Å². The number of nitrogens with two attached hydrogens (primary N) is 1. The van der Waals surface area contributed by atoms with Crippen molar-refractivity contribution in [1.82, 2.24) is 9.80 Å². The Balaban J connectivity index is 2.15. The van der Waals surface area contributed by atoms with Crippen molar-refractivity contribution in [3.8, 4) is 0 Å². The summed E-state index contributed by atoms with van der Waals surface area (Å²) in [6, 6.07) is 2.51. The number of carbonyl (C=O) groups excluding carboxylic acids is 1. The third-order valence-corrected chi connectivity index (χ3v) is 4.75. The Hall–Kier alpha value is -1.27. The molecule has 1 aliphatic heterocycles. The fourth-order valence-electron chi connectivity index (χ4n) is 2.28. The van der Waals surface area contributed by atoms with Gasteiger partial charge in [-0.3, -0.25) is 4.79 Å². The Morgan fingerprint density at radius 1 is 1.42 bits per heavy atom. The zero-order valence-electron chi connectivity index (χ0n) is 12.0. The van der Waals surface area contributed by atoms with Crippen molar-refractivity contribution in [2.75, 3.05) is 51.9 Å². The van der Waals surface area contributed by atoms with Gasteiger partial charge < -0.3 is 20.4 Å². The molecule has 0 radical (unpaired) electrons. The fraction of sp³-hybridized carbons (Fsp3) is 0.615. The number of rotatable bonds is 3. The van der Waals surface area contributed by atoms with Gasteiger partial charge in [0.25, 0.3) is 5.91 Å². The van der Waals surface area contributed by atoms with E-state index in [-0.39, 0.29) is 5.91 Å². The molecule has 5 nitrogen and oxygen atoms in total. The van der Waals surface area contributed by atoms with Crippen molar-refractivity contribution in [2.24, 2.45) is 0 Å². The van der Waals surface area contributed by atoms with Crippen LogP contribution in [0.4, 0.5) is 10.7 Å². The Kier molecular flexibility index (Phi) is 4.01. The first-order valence-electron chi connectivity index (χ1n) is 6.42. The van der Waals surface area contributed by atoms with E-state index in [0.29, 0.717) is 16.6 Å². The van der Waals surface area contributed by atoms with E-state index < -0.39 is 0 Å². The topological polar surface area (TPSA) is 52.8 Å². The molecule has 1 aromatic heterocycles. The molecule has 106 valence electrons. The maximum atomic E-state index is 12.0. The van der Waals surface area contributed by atoms with E-state index in [1.54, 1.807) is 19.0 Å². The Morgan fingerprint density at radius 3 is 2.63 bits per heavy atom. The highest BCUT2D eigenvalue weighted by atomic mass is 32.1. The SMILES string of the molecule is CN(C)C(=O)c1sc(N2CCC(N(C)C)C2)cc1N. The largest absolute Gasteiger partial charge is 0.397 e. The average Bonchev–Trinajstić information content (AvgIpc) is 2.93. The number of nitrogen functional groups attached to an aromatic ring is 1. The molecule has 0 saturated carbocycles. The monoisotopic (exact) mass is 282 g/mol. The molecule has 0 aliphatic carbocycles. The lowest BCUT2D eigenvalue weighted by Gasteiger charge is -2.20. The number of likely N-dealkylation sites (N-methyl/N-ethyl adjacent to an activating group) is 1. The molecule has 1 atom stereocenters. The number of thiophene rings is 1. The van der Waals surface area contributed by atoms with Crippen LogP contribution in [-0.4, -0.2) is 63.0 Å². The summed E-state index contributed by atoms with van der Waals surface area (Å²) in [5.74, 6) is -0.0166. The van der Waals surface area contributed by atoms with Crippen LogP contribution in [0.2, 0.25) is 0 Å². The van der Waals surface area contributed by atoms with Crippen LogP contribution in [0.25, 0.3) is 0 Å². The first-order valence-corrected chi connectivity index (χ1v) is 7.24. The van der Waals surface area contributed by atoms with Gasteiger partial charge in [0, 0.05) is 33.2 Å². The second kappa shape index (κ2) is 5.38. The Bertz CT molecular complexity index is 469. The summed E-state index contributed by atoms with van der Waals surface area (Å²) in [5, 5.41) is 1.10. The van der Waals surface area contributed by atoms with E-state index in [2.05, 4.69) is 23.9 Å². The smallest absolute Gasteiger partial charge is 0.265 e. The van der Waals surface area contributed by atoms with Crippen LogP contribution in [0.3, 0.4) is 0 Å². The number of carbonyl (C=O) groups is 1. The molecule has 1 aliphatic rings. The van der Waals surface area contributed by atoms with Crippen molar-refractivity contribution < 1.29 is 4.79 Å². The summed E-state index contributed by atoms with van der Waals surface area (Å²) in [5.41, 5.74) is 6.56. The van der Waals surface area contributed by atoms with Gasteiger partial charge in [0.15, 0.2) is 0 Å². The first-order chi connectivity index (χ1) is 8.90. The molecule has 1 fully saturated rings. The van der Waals surface area contributed by atoms with Gasteiger partial charge in [-0.25, -0.2) is 0 Å². The second-order valence-corrected chi connectivity index (χ2v) is 6.45. The molecule has 19 heavy (non-hydrogen) atoms. The lowest BCUT2D eigenvalue weighted by Crippen LogP contribution is -2.31. The number of anilines is 2. The van der Waals surface area contributed by atoms with Gasteiger partial charge in [-0.15, -0.1) is 11.3 Å². The highest BCUT2D eigenvalue weighted by Crippen LogP contribution is 2.35. The van der Waals surface area contributed by atoms with Crippen LogP contribution in [0, 0.1) is 0 Å². The molecule has 1 amide bonds. The highest BCUT2D eigenvalue weighted by molar-refractivity contribution is 7.18. The molecule has 0 bridgehead atoms. The van der Waals surface area contributed by atoms with Crippen molar-refractivity contribution in [3.05, 3.63) is 10.9 Å². The second-order valence-electron chi connectivity index (χ2n) is 5.42. The molecule has 2 rings (SSSR count). The fourth-order valence-corrected chi connectivity index (χ4v) is 3.42. The Morgan fingerprint density at radius 2 is 2.11 bits per heavy atom. The van der Waals surface area contributed by atoms with Gasteiger partial charge in [0.1, 0.15) is 4.88 Å². The minimum absolute atomic E-state index is 0.0166. The molecular formula is C13H22N4OS. The van der Waals surface area contributed by atoms with E-state index in [9.17, 15) is 4.79 Å². The zero-order chi connectivity index (χ0) is 14.2. The predicted octanol–water partition coefficient (Wildman–Crippen LogP) is 1.17. The highest BCUT2D eigenvalue weighted by Gasteiger charge is 2.26. The van der Waals surface area contributed by atoms with Crippen LogP contribution in [-0.2, 0) is 0 Å². The van der Waals surface area contributed by atoms with E-state index in [4.69, 9.17) is 5.73 Å². The minimum atomic E-state index is -0.0166. The van der Waals surface area contributed by atoms with Crippen molar-refractivity contribution >= 4 is 27.9 Å². The standard InChI is InChI=1S/C13H22N4OS/c1-15(2)9-5-6-17(8-9)11-7-10(14)12(19-11)13(18)16(3)4/h7,9H,5-6,8,14H2,1-4H3. The van der Waals surface area contributed by atoms with Crippen LogP contribution in [0.5, 0.6) is 0 Å². The normalized spacial score (nSPS) is 19.2. The molecule has 1 saturated heterocycles. The molecule has 1 unspecified atom stereocenters. The maximum Gasteiger partial charge on any atom is 0.265 e. The van der Waals surface area contributed by atoms with E-state index in [1.807, 2.05) is 6.07 Å². The van der Waals surface area contributed by atoms with Crippen LogP contribution < -0.4 is 10.6 Å². The quantitative estimate of drug-likeness (QED) is 0.904. The molecule has 2 heterocycles. The van der Waals surface area contributed by atoms with Gasteiger partial charge in [0.05, 0.1) is 10.7 Å².